The summed E-state index contributed by atoms with van der Waals surface area (Å²) >= 11 is 8.92. The molecule has 1 unspecified atom stereocenters. The summed E-state index contributed by atoms with van der Waals surface area (Å²) in [6, 6.07) is 14.6. The summed E-state index contributed by atoms with van der Waals surface area (Å²) in [4.78, 5) is 0. The molecule has 0 spiro atoms. The number of aryl methyl sites for hydroxylation is 1. The maximum Gasteiger partial charge on any atom is 0.175 e. The molecule has 2 aromatic carbocycles. The lowest BCUT2D eigenvalue weighted by molar-refractivity contribution is 0.734. The molecule has 2 aromatic rings. The van der Waals surface area contributed by atoms with Crippen molar-refractivity contribution < 1.29 is 0 Å². The van der Waals surface area contributed by atoms with Gasteiger partial charge in [0.2, 0.25) is 0 Å². The van der Waals surface area contributed by atoms with Gasteiger partial charge in [-0.2, -0.15) is 0 Å². The first kappa shape index (κ1) is 17.0. The Hall–Kier alpha value is -1.39. The minimum atomic E-state index is 0.584. The Kier molecular flexibility index (Phi) is 5.98. The quantitative estimate of drug-likeness (QED) is 0.632. The van der Waals surface area contributed by atoms with Gasteiger partial charge in [-0.15, -0.1) is 0 Å². The van der Waals surface area contributed by atoms with Crippen LogP contribution >= 0.6 is 28.1 Å². The molecule has 22 heavy (non-hydrogen) atoms. The number of halogens is 1. The largest absolute Gasteiger partial charge is 0.332 e. The van der Waals surface area contributed by atoms with Crippen LogP contribution in [0.1, 0.15) is 37.3 Å². The van der Waals surface area contributed by atoms with E-state index in [1.165, 1.54) is 11.1 Å². The first-order valence-electron chi connectivity index (χ1n) is 7.43. The third-order valence-corrected chi connectivity index (χ3v) is 4.58. The molecule has 2 nitrogen and oxygen atoms in total. The normalized spacial score (nSPS) is 11.8. The van der Waals surface area contributed by atoms with Crippen LogP contribution in [0.25, 0.3) is 0 Å². The van der Waals surface area contributed by atoms with Gasteiger partial charge in [-0.1, -0.05) is 32.0 Å². The van der Waals surface area contributed by atoms with E-state index in [0.717, 1.165) is 22.3 Å². The van der Waals surface area contributed by atoms with Crippen molar-refractivity contribution in [2.24, 2.45) is 0 Å². The molecule has 0 radical (unpaired) electrons. The maximum atomic E-state index is 5.37. The second-order valence-electron chi connectivity index (χ2n) is 5.49. The molecule has 2 N–H and O–H groups in total. The van der Waals surface area contributed by atoms with Crippen molar-refractivity contribution in [3.05, 3.63) is 58.1 Å². The Morgan fingerprint density at radius 3 is 2.41 bits per heavy atom. The standard InChI is InChI=1S/C18H21BrN2S/c1-4-13(3)14-6-8-15(9-7-14)20-18(22)21-17-10-5-12(2)11-16(17)19/h5-11,13H,4H2,1-3H3,(H2,20,21,22). The second-order valence-corrected chi connectivity index (χ2v) is 6.76. The third kappa shape index (κ3) is 4.55. The summed E-state index contributed by atoms with van der Waals surface area (Å²) in [5, 5.41) is 7.01. The number of rotatable bonds is 4. The molecule has 0 saturated heterocycles. The van der Waals surface area contributed by atoms with Gasteiger partial charge in [0.25, 0.3) is 0 Å². The van der Waals surface area contributed by atoms with E-state index in [1.807, 2.05) is 6.07 Å². The van der Waals surface area contributed by atoms with Crippen LogP contribution in [0.5, 0.6) is 0 Å². The van der Waals surface area contributed by atoms with Crippen LogP contribution in [0, 0.1) is 6.92 Å². The third-order valence-electron chi connectivity index (χ3n) is 3.72. The molecule has 0 bridgehead atoms. The fourth-order valence-corrected chi connectivity index (χ4v) is 2.96. The second kappa shape index (κ2) is 7.75. The number of nitrogens with one attached hydrogen (secondary N) is 2. The van der Waals surface area contributed by atoms with E-state index in [9.17, 15) is 0 Å². The van der Waals surface area contributed by atoms with Gasteiger partial charge in [-0.25, -0.2) is 0 Å². The number of hydrogen-bond donors (Lipinski definition) is 2. The van der Waals surface area contributed by atoms with Crippen LogP contribution in [0.3, 0.4) is 0 Å². The molecule has 0 aliphatic heterocycles. The van der Waals surface area contributed by atoms with E-state index in [1.54, 1.807) is 0 Å². The van der Waals surface area contributed by atoms with E-state index < -0.39 is 0 Å². The molecule has 1 atom stereocenters. The van der Waals surface area contributed by atoms with Crippen LogP contribution < -0.4 is 10.6 Å². The van der Waals surface area contributed by atoms with E-state index in [4.69, 9.17) is 12.2 Å². The molecule has 4 heteroatoms. The zero-order valence-electron chi connectivity index (χ0n) is 13.1. The highest BCUT2D eigenvalue weighted by molar-refractivity contribution is 9.10. The van der Waals surface area contributed by atoms with Gasteiger partial charge in [-0.3, -0.25) is 0 Å². The van der Waals surface area contributed by atoms with Crippen LogP contribution in [0.2, 0.25) is 0 Å². The molecule has 0 aliphatic rings. The maximum absolute atomic E-state index is 5.37. The zero-order valence-corrected chi connectivity index (χ0v) is 15.5. The summed E-state index contributed by atoms with van der Waals surface area (Å²) in [5.74, 6) is 0.586. The Morgan fingerprint density at radius 1 is 1.14 bits per heavy atom. The number of thiocarbonyl (C=S) groups is 1. The monoisotopic (exact) mass is 376 g/mol. The summed E-state index contributed by atoms with van der Waals surface area (Å²) in [6.45, 7) is 6.50. The zero-order chi connectivity index (χ0) is 16.1. The summed E-state index contributed by atoms with van der Waals surface area (Å²) in [5.41, 5.74) is 4.51. The predicted molar refractivity (Wildman–Crippen MR) is 104 cm³/mol. The SMILES string of the molecule is CCC(C)c1ccc(NC(=S)Nc2ccc(C)cc2Br)cc1. The lowest BCUT2D eigenvalue weighted by Crippen LogP contribution is -2.19. The van der Waals surface area contributed by atoms with Gasteiger partial charge in [0.15, 0.2) is 5.11 Å². The van der Waals surface area contributed by atoms with Gasteiger partial charge >= 0.3 is 0 Å². The average Bonchev–Trinajstić information content (AvgIpc) is 2.50. The molecule has 0 aliphatic carbocycles. The van der Waals surface area contributed by atoms with E-state index in [0.29, 0.717) is 11.0 Å². The van der Waals surface area contributed by atoms with Crippen LogP contribution in [-0.4, -0.2) is 5.11 Å². The van der Waals surface area contributed by atoms with Crippen molar-refractivity contribution in [1.82, 2.24) is 0 Å². The Balaban J connectivity index is 1.99. The average molecular weight is 377 g/mol. The van der Waals surface area contributed by atoms with Crippen LogP contribution in [-0.2, 0) is 0 Å². The highest BCUT2D eigenvalue weighted by Crippen LogP contribution is 2.24. The number of benzene rings is 2. The molecule has 0 saturated carbocycles. The smallest absolute Gasteiger partial charge is 0.175 e. The van der Waals surface area contributed by atoms with E-state index in [2.05, 4.69) is 83.7 Å². The summed E-state index contributed by atoms with van der Waals surface area (Å²) in [7, 11) is 0. The molecule has 0 aromatic heterocycles. The lowest BCUT2D eigenvalue weighted by atomic mass is 9.99. The molecule has 0 amide bonds. The molecular formula is C18H21BrN2S. The molecular weight excluding hydrogens is 356 g/mol. The highest BCUT2D eigenvalue weighted by atomic mass is 79.9. The van der Waals surface area contributed by atoms with E-state index in [-0.39, 0.29) is 0 Å². The minimum Gasteiger partial charge on any atom is -0.332 e. The molecule has 116 valence electrons. The molecule has 2 rings (SSSR count). The van der Waals surface area contributed by atoms with Crippen LogP contribution in [0.15, 0.2) is 46.9 Å². The van der Waals surface area contributed by atoms with Crippen molar-refractivity contribution in [2.75, 3.05) is 10.6 Å². The Bertz CT molecular complexity index is 653. The van der Waals surface area contributed by atoms with Crippen molar-refractivity contribution in [3.63, 3.8) is 0 Å². The first-order valence-corrected chi connectivity index (χ1v) is 8.64. The van der Waals surface area contributed by atoms with Crippen molar-refractivity contribution in [1.29, 1.82) is 0 Å². The fraction of sp³-hybridized carbons (Fsp3) is 0.278. The van der Waals surface area contributed by atoms with Gasteiger partial charge in [-0.05, 0) is 82.8 Å². The van der Waals surface area contributed by atoms with Gasteiger partial charge in [0.1, 0.15) is 0 Å². The predicted octanol–water partition coefficient (Wildman–Crippen LogP) is 6.08. The Morgan fingerprint density at radius 2 is 1.82 bits per heavy atom. The summed E-state index contributed by atoms with van der Waals surface area (Å²) in [6.07, 6.45) is 1.15. The first-order chi connectivity index (χ1) is 10.5. The number of hydrogen-bond acceptors (Lipinski definition) is 1. The number of anilines is 2. The van der Waals surface area contributed by atoms with Crippen molar-refractivity contribution >= 4 is 44.6 Å². The summed E-state index contributed by atoms with van der Waals surface area (Å²) < 4.78 is 1.00. The molecule has 0 fully saturated rings. The van der Waals surface area contributed by atoms with Gasteiger partial charge in [0.05, 0.1) is 5.69 Å². The van der Waals surface area contributed by atoms with Gasteiger partial charge < -0.3 is 10.6 Å². The van der Waals surface area contributed by atoms with Crippen molar-refractivity contribution in [2.45, 2.75) is 33.1 Å². The lowest BCUT2D eigenvalue weighted by Gasteiger charge is -2.14. The fourth-order valence-electron chi connectivity index (χ4n) is 2.14. The van der Waals surface area contributed by atoms with Gasteiger partial charge in [0, 0.05) is 10.2 Å². The highest BCUT2D eigenvalue weighted by Gasteiger charge is 2.05. The van der Waals surface area contributed by atoms with Crippen LogP contribution in [0.4, 0.5) is 11.4 Å². The molecule has 0 heterocycles. The minimum absolute atomic E-state index is 0.584. The van der Waals surface area contributed by atoms with E-state index >= 15 is 0 Å². The topological polar surface area (TPSA) is 24.1 Å². The Labute approximate surface area is 146 Å². The van der Waals surface area contributed by atoms with Crippen molar-refractivity contribution in [3.8, 4) is 0 Å².